The van der Waals surface area contributed by atoms with E-state index >= 15 is 0 Å². The topological polar surface area (TPSA) is 81.3 Å². The SMILES string of the molecule is CC(C)CCn1c(=O)c2ccccc2n2c(SCC(=O)NC(C)(C)C)nnc12. The highest BCUT2D eigenvalue weighted by Crippen LogP contribution is 2.22. The highest BCUT2D eigenvalue weighted by Gasteiger charge is 2.19. The number of carbonyl (C=O) groups excluding carboxylic acids is 1. The van der Waals surface area contributed by atoms with Crippen LogP contribution in [0.2, 0.25) is 0 Å². The van der Waals surface area contributed by atoms with Crippen LogP contribution >= 0.6 is 11.8 Å². The van der Waals surface area contributed by atoms with Gasteiger partial charge in [0.15, 0.2) is 5.16 Å². The number of nitrogens with zero attached hydrogens (tertiary/aromatic N) is 4. The van der Waals surface area contributed by atoms with Gasteiger partial charge in [0.05, 0.1) is 16.7 Å². The summed E-state index contributed by atoms with van der Waals surface area (Å²) >= 11 is 1.32. The zero-order valence-corrected chi connectivity index (χ0v) is 17.8. The predicted octanol–water partition coefficient (Wildman–Crippen LogP) is 3.10. The minimum atomic E-state index is -0.283. The number of aromatic nitrogens is 4. The molecule has 7 nitrogen and oxygen atoms in total. The quantitative estimate of drug-likeness (QED) is 0.642. The maximum atomic E-state index is 13.0. The molecule has 0 unspecified atom stereocenters. The van der Waals surface area contributed by atoms with Crippen LogP contribution in [0.5, 0.6) is 0 Å². The van der Waals surface area contributed by atoms with Gasteiger partial charge in [-0.3, -0.25) is 18.6 Å². The van der Waals surface area contributed by atoms with E-state index in [9.17, 15) is 9.59 Å². The maximum absolute atomic E-state index is 13.0. The molecule has 0 saturated heterocycles. The van der Waals surface area contributed by atoms with E-state index in [0.29, 0.717) is 28.8 Å². The Morgan fingerprint density at radius 3 is 2.61 bits per heavy atom. The molecule has 0 aliphatic rings. The number of rotatable bonds is 6. The third-order valence-corrected chi connectivity index (χ3v) is 5.18. The van der Waals surface area contributed by atoms with E-state index in [1.165, 1.54) is 11.8 Å². The van der Waals surface area contributed by atoms with Gasteiger partial charge in [0.25, 0.3) is 5.56 Å². The Bertz CT molecular complexity index is 1060. The van der Waals surface area contributed by atoms with Gasteiger partial charge >= 0.3 is 0 Å². The highest BCUT2D eigenvalue weighted by molar-refractivity contribution is 7.99. The highest BCUT2D eigenvalue weighted by atomic mass is 32.2. The van der Waals surface area contributed by atoms with Gasteiger partial charge in [0.2, 0.25) is 11.7 Å². The normalized spacial score (nSPS) is 12.2. The second kappa shape index (κ2) is 7.95. The zero-order valence-electron chi connectivity index (χ0n) is 17.0. The molecular weight excluding hydrogens is 374 g/mol. The number of thioether (sulfide) groups is 1. The molecule has 0 saturated carbocycles. The van der Waals surface area contributed by atoms with Crippen LogP contribution in [0.1, 0.15) is 41.0 Å². The molecule has 0 spiro atoms. The van der Waals surface area contributed by atoms with Crippen LogP contribution in [0.4, 0.5) is 0 Å². The number of fused-ring (bicyclic) bond motifs is 3. The zero-order chi connectivity index (χ0) is 20.5. The van der Waals surface area contributed by atoms with Crippen LogP contribution in [0.3, 0.4) is 0 Å². The third kappa shape index (κ3) is 4.38. The fourth-order valence-electron chi connectivity index (χ4n) is 3.00. The lowest BCUT2D eigenvalue weighted by Crippen LogP contribution is -2.41. The average molecular weight is 402 g/mol. The first-order valence-electron chi connectivity index (χ1n) is 9.48. The van der Waals surface area contributed by atoms with Crippen molar-refractivity contribution in [2.75, 3.05) is 5.75 Å². The molecule has 2 aromatic heterocycles. The number of amides is 1. The number of para-hydroxylation sites is 1. The standard InChI is InChI=1S/C20H27N5O2S/c1-13(2)10-11-24-17(27)14-8-6-7-9-15(14)25-18(24)22-23-19(25)28-12-16(26)21-20(3,4)5/h6-9,13H,10-12H2,1-5H3,(H,21,26). The molecule has 0 bridgehead atoms. The van der Waals surface area contributed by atoms with E-state index in [1.54, 1.807) is 4.57 Å². The van der Waals surface area contributed by atoms with Crippen molar-refractivity contribution in [2.24, 2.45) is 5.92 Å². The summed E-state index contributed by atoms with van der Waals surface area (Å²) in [6.07, 6.45) is 0.872. The first-order valence-corrected chi connectivity index (χ1v) is 10.5. The van der Waals surface area contributed by atoms with Gasteiger partial charge in [-0.25, -0.2) is 0 Å². The van der Waals surface area contributed by atoms with Gasteiger partial charge in [0.1, 0.15) is 0 Å². The number of carbonyl (C=O) groups is 1. The summed E-state index contributed by atoms with van der Waals surface area (Å²) in [5, 5.41) is 12.7. The molecule has 2 heterocycles. The van der Waals surface area contributed by atoms with Crippen molar-refractivity contribution in [3.8, 4) is 0 Å². The van der Waals surface area contributed by atoms with Crippen molar-refractivity contribution >= 4 is 34.3 Å². The average Bonchev–Trinajstić information content (AvgIpc) is 3.02. The molecule has 0 aliphatic carbocycles. The summed E-state index contributed by atoms with van der Waals surface area (Å²) in [6, 6.07) is 7.46. The Morgan fingerprint density at radius 1 is 1.21 bits per heavy atom. The van der Waals surface area contributed by atoms with E-state index in [4.69, 9.17) is 0 Å². The molecule has 0 radical (unpaired) electrons. The summed E-state index contributed by atoms with van der Waals surface area (Å²) in [4.78, 5) is 25.2. The molecular formula is C20H27N5O2S. The second-order valence-electron chi connectivity index (χ2n) is 8.36. The van der Waals surface area contributed by atoms with Crippen molar-refractivity contribution in [3.63, 3.8) is 0 Å². The summed E-state index contributed by atoms with van der Waals surface area (Å²) in [5.74, 6) is 1.16. The molecule has 1 N–H and O–H groups in total. The van der Waals surface area contributed by atoms with Gasteiger partial charge in [0, 0.05) is 12.1 Å². The summed E-state index contributed by atoms with van der Waals surface area (Å²) in [7, 11) is 0. The maximum Gasteiger partial charge on any atom is 0.262 e. The van der Waals surface area contributed by atoms with Crippen molar-refractivity contribution in [1.29, 1.82) is 0 Å². The smallest absolute Gasteiger partial charge is 0.262 e. The van der Waals surface area contributed by atoms with E-state index in [0.717, 1.165) is 11.9 Å². The first-order chi connectivity index (χ1) is 13.2. The number of hydrogen-bond acceptors (Lipinski definition) is 5. The van der Waals surface area contributed by atoms with Crippen LogP contribution in [0.15, 0.2) is 34.2 Å². The van der Waals surface area contributed by atoms with E-state index in [2.05, 4.69) is 29.4 Å². The first kappa shape index (κ1) is 20.4. The third-order valence-electron chi connectivity index (χ3n) is 4.26. The summed E-state index contributed by atoms with van der Waals surface area (Å²) < 4.78 is 3.57. The van der Waals surface area contributed by atoms with E-state index in [1.807, 2.05) is 49.4 Å². The molecule has 3 aromatic rings. The molecule has 8 heteroatoms. The predicted molar refractivity (Wildman–Crippen MR) is 113 cm³/mol. The minimum absolute atomic E-state index is 0.0572. The van der Waals surface area contributed by atoms with Gasteiger partial charge in [-0.1, -0.05) is 37.7 Å². The Kier molecular flexibility index (Phi) is 5.79. The van der Waals surface area contributed by atoms with Crippen LogP contribution in [-0.4, -0.2) is 36.4 Å². The fourth-order valence-corrected chi connectivity index (χ4v) is 3.74. The Labute approximate surface area is 168 Å². The van der Waals surface area contributed by atoms with Crippen molar-refractivity contribution in [1.82, 2.24) is 24.5 Å². The summed E-state index contributed by atoms with van der Waals surface area (Å²) in [6.45, 7) is 10.7. The van der Waals surface area contributed by atoms with Crippen LogP contribution in [-0.2, 0) is 11.3 Å². The lowest BCUT2D eigenvalue weighted by molar-refractivity contribution is -0.119. The molecule has 0 fully saturated rings. The van der Waals surface area contributed by atoms with Crippen molar-refractivity contribution in [2.45, 2.75) is 58.3 Å². The molecule has 0 aliphatic heterocycles. The minimum Gasteiger partial charge on any atom is -0.351 e. The lowest BCUT2D eigenvalue weighted by atomic mass is 10.1. The van der Waals surface area contributed by atoms with Crippen molar-refractivity contribution < 1.29 is 4.79 Å². The molecule has 1 aromatic carbocycles. The number of hydrogen-bond donors (Lipinski definition) is 1. The number of nitrogens with one attached hydrogen (secondary N) is 1. The molecule has 3 rings (SSSR count). The number of aryl methyl sites for hydroxylation is 1. The van der Waals surface area contributed by atoms with Crippen LogP contribution in [0.25, 0.3) is 16.7 Å². The Hall–Kier alpha value is -2.35. The summed E-state index contributed by atoms with van der Waals surface area (Å²) in [5.41, 5.74) is 0.416. The molecule has 150 valence electrons. The largest absolute Gasteiger partial charge is 0.351 e. The van der Waals surface area contributed by atoms with Gasteiger partial charge < -0.3 is 5.32 Å². The number of benzene rings is 1. The van der Waals surface area contributed by atoms with Gasteiger partial charge in [-0.05, 0) is 45.2 Å². The Morgan fingerprint density at radius 2 is 1.93 bits per heavy atom. The van der Waals surface area contributed by atoms with E-state index < -0.39 is 0 Å². The molecule has 1 amide bonds. The van der Waals surface area contributed by atoms with Crippen LogP contribution in [0, 0.1) is 5.92 Å². The van der Waals surface area contributed by atoms with Crippen LogP contribution < -0.4 is 10.9 Å². The van der Waals surface area contributed by atoms with E-state index in [-0.39, 0.29) is 22.8 Å². The van der Waals surface area contributed by atoms with Gasteiger partial charge in [-0.2, -0.15) is 0 Å². The fraction of sp³-hybridized carbons (Fsp3) is 0.500. The van der Waals surface area contributed by atoms with Gasteiger partial charge in [-0.15, -0.1) is 10.2 Å². The Balaban J connectivity index is 2.04. The molecule has 0 atom stereocenters. The second-order valence-corrected chi connectivity index (χ2v) is 9.30. The lowest BCUT2D eigenvalue weighted by Gasteiger charge is -2.20. The molecule has 28 heavy (non-hydrogen) atoms. The monoisotopic (exact) mass is 401 g/mol. The van der Waals surface area contributed by atoms with Crippen molar-refractivity contribution in [3.05, 3.63) is 34.6 Å².